The molecule has 0 saturated carbocycles. The number of aromatic nitrogens is 2. The fraction of sp³-hybridized carbons (Fsp3) is 0.0714. The van der Waals surface area contributed by atoms with Crippen molar-refractivity contribution < 1.29 is 17.6 Å². The van der Waals surface area contributed by atoms with E-state index in [2.05, 4.69) is 15.3 Å². The molecule has 2 heterocycles. The lowest BCUT2D eigenvalue weighted by molar-refractivity contribution is -0.113. The first-order valence-corrected chi connectivity index (χ1v) is 8.95. The molecule has 0 unspecified atom stereocenters. The molecular formula is C14H10FN3O3S2. The van der Waals surface area contributed by atoms with E-state index in [0.717, 1.165) is 24.3 Å². The summed E-state index contributed by atoms with van der Waals surface area (Å²) < 4.78 is 37.1. The Hall–Kier alpha value is -2.39. The summed E-state index contributed by atoms with van der Waals surface area (Å²) in [4.78, 5) is 20.6. The minimum atomic E-state index is -3.86. The van der Waals surface area contributed by atoms with E-state index in [9.17, 15) is 17.6 Å². The first kappa shape index (κ1) is 15.5. The third-order valence-corrected chi connectivity index (χ3v) is 5.47. The first-order chi connectivity index (χ1) is 11.0. The molecule has 6 nitrogen and oxygen atoms in total. The number of halogens is 1. The number of amides is 1. The van der Waals surface area contributed by atoms with Gasteiger partial charge in [-0.3, -0.25) is 4.79 Å². The molecule has 23 heavy (non-hydrogen) atoms. The zero-order valence-corrected chi connectivity index (χ0v) is 13.2. The van der Waals surface area contributed by atoms with Gasteiger partial charge in [0.2, 0.25) is 5.91 Å². The van der Waals surface area contributed by atoms with Gasteiger partial charge in [-0.15, -0.1) is 11.3 Å². The zero-order valence-electron chi connectivity index (χ0n) is 11.6. The zero-order chi connectivity index (χ0) is 16.4. The highest BCUT2D eigenvalue weighted by molar-refractivity contribution is 7.92. The Labute approximate surface area is 134 Å². The van der Waals surface area contributed by atoms with Crippen molar-refractivity contribution in [2.45, 2.75) is 4.90 Å². The summed E-state index contributed by atoms with van der Waals surface area (Å²) >= 11 is 1.38. The van der Waals surface area contributed by atoms with Crippen LogP contribution in [-0.4, -0.2) is 30.0 Å². The molecule has 1 amide bonds. The molecule has 3 aromatic rings. The molecule has 0 aliphatic carbocycles. The van der Waals surface area contributed by atoms with Crippen LogP contribution in [0.1, 0.15) is 0 Å². The number of anilines is 1. The van der Waals surface area contributed by atoms with E-state index in [1.807, 2.05) is 0 Å². The molecule has 1 N–H and O–H groups in total. The highest BCUT2D eigenvalue weighted by Crippen LogP contribution is 2.23. The highest BCUT2D eigenvalue weighted by Gasteiger charge is 2.20. The number of benzene rings is 1. The highest BCUT2D eigenvalue weighted by atomic mass is 32.2. The number of rotatable bonds is 4. The number of thiophene rings is 1. The maximum Gasteiger partial charge on any atom is 0.241 e. The largest absolute Gasteiger partial charge is 0.309 e. The Balaban J connectivity index is 1.79. The molecule has 0 radical (unpaired) electrons. The van der Waals surface area contributed by atoms with Gasteiger partial charge >= 0.3 is 0 Å². The van der Waals surface area contributed by atoms with Gasteiger partial charge in [-0.1, -0.05) is 0 Å². The van der Waals surface area contributed by atoms with Crippen LogP contribution in [-0.2, 0) is 14.6 Å². The predicted molar refractivity (Wildman–Crippen MR) is 84.5 cm³/mol. The molecule has 3 rings (SSSR count). The molecule has 0 bridgehead atoms. The standard InChI is InChI=1S/C14H10FN3O3S2/c15-9-1-3-10(4-2-9)23(20,21)7-12(19)18-13-11-5-6-22-14(11)17-8-16-13/h1-6,8H,7H2,(H,16,17,18,19). The lowest BCUT2D eigenvalue weighted by Gasteiger charge is -2.06. The summed E-state index contributed by atoms with van der Waals surface area (Å²) in [6.07, 6.45) is 1.29. The van der Waals surface area contributed by atoms with Gasteiger partial charge in [0, 0.05) is 0 Å². The number of carbonyl (C=O) groups excluding carboxylic acids is 1. The van der Waals surface area contributed by atoms with Gasteiger partial charge in [0.1, 0.15) is 28.5 Å². The normalized spacial score (nSPS) is 11.5. The van der Waals surface area contributed by atoms with E-state index in [4.69, 9.17) is 0 Å². The molecule has 0 fully saturated rings. The van der Waals surface area contributed by atoms with Gasteiger partial charge in [-0.05, 0) is 35.7 Å². The van der Waals surface area contributed by atoms with Crippen LogP contribution in [0.3, 0.4) is 0 Å². The minimum absolute atomic E-state index is 0.114. The smallest absolute Gasteiger partial charge is 0.241 e. The van der Waals surface area contributed by atoms with Crippen molar-refractivity contribution in [1.82, 2.24) is 9.97 Å². The monoisotopic (exact) mass is 351 g/mol. The van der Waals surface area contributed by atoms with Gasteiger partial charge in [-0.2, -0.15) is 0 Å². The molecule has 0 atom stereocenters. The van der Waals surface area contributed by atoms with Gasteiger partial charge < -0.3 is 5.32 Å². The third kappa shape index (κ3) is 3.35. The van der Waals surface area contributed by atoms with E-state index in [0.29, 0.717) is 10.2 Å². The molecule has 0 spiro atoms. The van der Waals surface area contributed by atoms with Crippen molar-refractivity contribution in [3.05, 3.63) is 47.9 Å². The predicted octanol–water partition coefficient (Wildman–Crippen LogP) is 2.24. The Bertz CT molecular complexity index is 968. The SMILES string of the molecule is O=C(CS(=O)(=O)c1ccc(F)cc1)Nc1ncnc2sccc12. The van der Waals surface area contributed by atoms with E-state index >= 15 is 0 Å². The van der Waals surface area contributed by atoms with Crippen LogP contribution in [0, 0.1) is 5.82 Å². The molecule has 1 aromatic carbocycles. The van der Waals surface area contributed by atoms with Gasteiger partial charge in [-0.25, -0.2) is 22.8 Å². The Morgan fingerprint density at radius 1 is 1.17 bits per heavy atom. The second kappa shape index (κ2) is 6.01. The molecule has 0 aliphatic heterocycles. The Kier molecular flexibility index (Phi) is 4.05. The maximum absolute atomic E-state index is 12.9. The van der Waals surface area contributed by atoms with E-state index in [1.54, 1.807) is 11.4 Å². The topological polar surface area (TPSA) is 89.0 Å². The van der Waals surface area contributed by atoms with Crippen LogP contribution >= 0.6 is 11.3 Å². The van der Waals surface area contributed by atoms with Crippen molar-refractivity contribution in [1.29, 1.82) is 0 Å². The minimum Gasteiger partial charge on any atom is -0.309 e. The van der Waals surface area contributed by atoms with Crippen LogP contribution in [0.5, 0.6) is 0 Å². The number of hydrogen-bond donors (Lipinski definition) is 1. The average Bonchev–Trinajstić information content (AvgIpc) is 2.96. The number of hydrogen-bond acceptors (Lipinski definition) is 6. The average molecular weight is 351 g/mol. The number of nitrogens with zero attached hydrogens (tertiary/aromatic N) is 2. The summed E-state index contributed by atoms with van der Waals surface area (Å²) in [6, 6.07) is 6.05. The molecule has 118 valence electrons. The van der Waals surface area contributed by atoms with Gasteiger partial charge in [0.25, 0.3) is 0 Å². The van der Waals surface area contributed by atoms with Crippen molar-refractivity contribution >= 4 is 43.1 Å². The summed E-state index contributed by atoms with van der Waals surface area (Å²) in [5.41, 5.74) is 0. The fourth-order valence-corrected chi connectivity index (χ4v) is 3.82. The van der Waals surface area contributed by atoms with Crippen molar-refractivity contribution in [3.63, 3.8) is 0 Å². The van der Waals surface area contributed by atoms with E-state index in [1.165, 1.54) is 17.7 Å². The molecule has 2 aromatic heterocycles. The first-order valence-electron chi connectivity index (χ1n) is 6.42. The van der Waals surface area contributed by atoms with Crippen LogP contribution in [0.25, 0.3) is 10.2 Å². The number of fused-ring (bicyclic) bond motifs is 1. The van der Waals surface area contributed by atoms with Crippen molar-refractivity contribution in [3.8, 4) is 0 Å². The van der Waals surface area contributed by atoms with Gasteiger partial charge in [0.05, 0.1) is 10.3 Å². The summed E-state index contributed by atoms with van der Waals surface area (Å²) in [5.74, 6) is -1.76. The number of carbonyl (C=O) groups is 1. The van der Waals surface area contributed by atoms with Crippen LogP contribution in [0.4, 0.5) is 10.2 Å². The Morgan fingerprint density at radius 2 is 1.91 bits per heavy atom. The molecule has 0 saturated heterocycles. The Morgan fingerprint density at radius 3 is 2.65 bits per heavy atom. The molecule has 9 heteroatoms. The van der Waals surface area contributed by atoms with E-state index in [-0.39, 0.29) is 10.7 Å². The lowest BCUT2D eigenvalue weighted by atomic mass is 10.4. The number of sulfone groups is 1. The quantitative estimate of drug-likeness (QED) is 0.728. The summed E-state index contributed by atoms with van der Waals surface area (Å²) in [6.45, 7) is 0. The van der Waals surface area contributed by atoms with Crippen molar-refractivity contribution in [2.24, 2.45) is 0 Å². The summed E-state index contributed by atoms with van der Waals surface area (Å²) in [5, 5.41) is 4.91. The summed E-state index contributed by atoms with van der Waals surface area (Å²) in [7, 11) is -3.86. The van der Waals surface area contributed by atoms with Crippen LogP contribution < -0.4 is 5.32 Å². The van der Waals surface area contributed by atoms with E-state index < -0.39 is 27.3 Å². The van der Waals surface area contributed by atoms with Crippen molar-refractivity contribution in [2.75, 3.05) is 11.1 Å². The molecular weight excluding hydrogens is 341 g/mol. The van der Waals surface area contributed by atoms with Crippen LogP contribution in [0.15, 0.2) is 46.9 Å². The van der Waals surface area contributed by atoms with Gasteiger partial charge in [0.15, 0.2) is 9.84 Å². The number of nitrogens with one attached hydrogen (secondary N) is 1. The van der Waals surface area contributed by atoms with Crippen LogP contribution in [0.2, 0.25) is 0 Å². The fourth-order valence-electron chi connectivity index (χ4n) is 1.96. The second-order valence-corrected chi connectivity index (χ2v) is 7.51. The molecule has 0 aliphatic rings. The third-order valence-electron chi connectivity index (χ3n) is 3.01. The second-order valence-electron chi connectivity index (χ2n) is 4.62. The maximum atomic E-state index is 12.9. The lowest BCUT2D eigenvalue weighted by Crippen LogP contribution is -2.23.